The Hall–Kier alpha value is -1.82. The molecule has 3 rings (SSSR count). The SMILES string of the molecule is NC1CCCc2c1ccn2-c1cc(C(F)(F)F)ccc1F. The Labute approximate surface area is 119 Å². The van der Waals surface area contributed by atoms with Crippen LogP contribution in [0.1, 0.15) is 35.7 Å². The summed E-state index contributed by atoms with van der Waals surface area (Å²) in [5, 5.41) is 0. The summed E-state index contributed by atoms with van der Waals surface area (Å²) in [5.41, 5.74) is 6.73. The molecule has 1 aliphatic rings. The van der Waals surface area contributed by atoms with Gasteiger partial charge >= 0.3 is 6.18 Å². The lowest BCUT2D eigenvalue weighted by molar-refractivity contribution is -0.137. The van der Waals surface area contributed by atoms with Crippen LogP contribution < -0.4 is 5.73 Å². The molecule has 112 valence electrons. The first-order valence-corrected chi connectivity index (χ1v) is 6.71. The summed E-state index contributed by atoms with van der Waals surface area (Å²) in [5.74, 6) is -0.680. The largest absolute Gasteiger partial charge is 0.416 e. The van der Waals surface area contributed by atoms with Crippen LogP contribution in [-0.2, 0) is 12.6 Å². The Morgan fingerprint density at radius 1 is 1.19 bits per heavy atom. The summed E-state index contributed by atoms with van der Waals surface area (Å²) in [6.45, 7) is 0. The number of halogens is 4. The van der Waals surface area contributed by atoms with Crippen LogP contribution >= 0.6 is 0 Å². The van der Waals surface area contributed by atoms with Crippen LogP contribution in [0, 0.1) is 5.82 Å². The molecule has 6 heteroatoms. The zero-order valence-corrected chi connectivity index (χ0v) is 11.1. The van der Waals surface area contributed by atoms with Crippen molar-refractivity contribution in [3.05, 3.63) is 53.1 Å². The summed E-state index contributed by atoms with van der Waals surface area (Å²) in [6.07, 6.45) is -0.535. The van der Waals surface area contributed by atoms with Gasteiger partial charge in [-0.05, 0) is 49.1 Å². The molecule has 1 atom stereocenters. The monoisotopic (exact) mass is 298 g/mol. The van der Waals surface area contributed by atoms with Gasteiger partial charge in [-0.1, -0.05) is 0 Å². The van der Waals surface area contributed by atoms with E-state index >= 15 is 0 Å². The first-order valence-electron chi connectivity index (χ1n) is 6.71. The molecule has 0 spiro atoms. The van der Waals surface area contributed by atoms with Gasteiger partial charge in [-0.15, -0.1) is 0 Å². The lowest BCUT2D eigenvalue weighted by Gasteiger charge is -2.21. The molecular formula is C15H14F4N2. The lowest BCUT2D eigenvalue weighted by Crippen LogP contribution is -2.18. The van der Waals surface area contributed by atoms with Crippen LogP contribution in [0.15, 0.2) is 30.5 Å². The van der Waals surface area contributed by atoms with Crippen molar-refractivity contribution in [1.82, 2.24) is 4.57 Å². The Bertz CT molecular complexity index is 673. The third-order valence-corrected chi connectivity index (χ3v) is 3.89. The minimum Gasteiger partial charge on any atom is -0.324 e. The summed E-state index contributed by atoms with van der Waals surface area (Å²) >= 11 is 0. The second kappa shape index (κ2) is 4.87. The van der Waals surface area contributed by atoms with Gasteiger partial charge in [0.15, 0.2) is 0 Å². The molecular weight excluding hydrogens is 284 g/mol. The molecule has 2 aromatic rings. The third kappa shape index (κ3) is 2.44. The number of alkyl halides is 3. The fraction of sp³-hybridized carbons (Fsp3) is 0.333. The standard InChI is InChI=1S/C15H14F4N2/c16-11-5-4-9(15(17,18)19)8-14(11)21-7-6-10-12(20)2-1-3-13(10)21/h4-8,12H,1-3,20H2. The average Bonchev–Trinajstić information content (AvgIpc) is 2.83. The molecule has 2 N–H and O–H groups in total. The van der Waals surface area contributed by atoms with Gasteiger partial charge in [0, 0.05) is 17.9 Å². The highest BCUT2D eigenvalue weighted by Gasteiger charge is 2.32. The fourth-order valence-electron chi connectivity index (χ4n) is 2.83. The van der Waals surface area contributed by atoms with Crippen LogP contribution in [0.3, 0.4) is 0 Å². The molecule has 0 amide bonds. The first-order chi connectivity index (χ1) is 9.88. The number of hydrogen-bond donors (Lipinski definition) is 1. The van der Waals surface area contributed by atoms with Crippen LogP contribution in [0.5, 0.6) is 0 Å². The second-order valence-corrected chi connectivity index (χ2v) is 5.25. The Morgan fingerprint density at radius 3 is 2.67 bits per heavy atom. The maximum atomic E-state index is 14.0. The van der Waals surface area contributed by atoms with E-state index in [0.717, 1.165) is 42.3 Å². The molecule has 0 bridgehead atoms. The van der Waals surface area contributed by atoms with Gasteiger partial charge in [0.05, 0.1) is 11.3 Å². The molecule has 1 aromatic carbocycles. The number of nitrogens with zero attached hydrogens (tertiary/aromatic N) is 1. The molecule has 1 aliphatic carbocycles. The maximum Gasteiger partial charge on any atom is 0.416 e. The van der Waals surface area contributed by atoms with E-state index in [1.807, 2.05) is 0 Å². The number of fused-ring (bicyclic) bond motifs is 1. The van der Waals surface area contributed by atoms with Gasteiger partial charge < -0.3 is 10.3 Å². The average molecular weight is 298 g/mol. The fourth-order valence-corrected chi connectivity index (χ4v) is 2.83. The lowest BCUT2D eigenvalue weighted by atomic mass is 9.93. The van der Waals surface area contributed by atoms with Gasteiger partial charge in [0.2, 0.25) is 0 Å². The highest BCUT2D eigenvalue weighted by molar-refractivity contribution is 5.44. The van der Waals surface area contributed by atoms with E-state index in [9.17, 15) is 17.6 Å². The molecule has 2 nitrogen and oxygen atoms in total. The van der Waals surface area contributed by atoms with Crippen molar-refractivity contribution in [3.63, 3.8) is 0 Å². The summed E-state index contributed by atoms with van der Waals surface area (Å²) in [7, 11) is 0. The van der Waals surface area contributed by atoms with Crippen molar-refractivity contribution in [3.8, 4) is 5.69 Å². The maximum absolute atomic E-state index is 14.0. The second-order valence-electron chi connectivity index (χ2n) is 5.25. The van der Waals surface area contributed by atoms with Crippen molar-refractivity contribution < 1.29 is 17.6 Å². The smallest absolute Gasteiger partial charge is 0.324 e. The van der Waals surface area contributed by atoms with Crippen LogP contribution in [0.4, 0.5) is 17.6 Å². The van der Waals surface area contributed by atoms with E-state index in [4.69, 9.17) is 5.73 Å². The van der Waals surface area contributed by atoms with Crippen molar-refractivity contribution in [2.45, 2.75) is 31.5 Å². The number of rotatable bonds is 1. The molecule has 0 saturated carbocycles. The quantitative estimate of drug-likeness (QED) is 0.793. The van der Waals surface area contributed by atoms with E-state index in [0.29, 0.717) is 6.42 Å². The van der Waals surface area contributed by atoms with Gasteiger partial charge in [0.25, 0.3) is 0 Å². The highest BCUT2D eigenvalue weighted by Crippen LogP contribution is 2.34. The molecule has 0 fully saturated rings. The van der Waals surface area contributed by atoms with E-state index in [1.54, 1.807) is 12.3 Å². The van der Waals surface area contributed by atoms with Crippen LogP contribution in [0.25, 0.3) is 5.69 Å². The predicted molar refractivity (Wildman–Crippen MR) is 70.6 cm³/mol. The number of benzene rings is 1. The van der Waals surface area contributed by atoms with Crippen molar-refractivity contribution in [2.24, 2.45) is 5.73 Å². The third-order valence-electron chi connectivity index (χ3n) is 3.89. The normalized spacial score (nSPS) is 18.6. The van der Waals surface area contributed by atoms with E-state index in [2.05, 4.69) is 0 Å². The zero-order chi connectivity index (χ0) is 15.2. The number of nitrogens with two attached hydrogens (primary N) is 1. The molecule has 1 aromatic heterocycles. The van der Waals surface area contributed by atoms with Crippen molar-refractivity contribution >= 4 is 0 Å². The molecule has 21 heavy (non-hydrogen) atoms. The van der Waals surface area contributed by atoms with E-state index in [1.165, 1.54) is 4.57 Å². The zero-order valence-electron chi connectivity index (χ0n) is 11.1. The van der Waals surface area contributed by atoms with E-state index < -0.39 is 17.6 Å². The summed E-state index contributed by atoms with van der Waals surface area (Å²) in [6, 6.07) is 4.08. The van der Waals surface area contributed by atoms with Gasteiger partial charge in [-0.25, -0.2) is 4.39 Å². The molecule has 1 unspecified atom stereocenters. The predicted octanol–water partition coefficient (Wildman–Crippen LogP) is 3.97. The minimum absolute atomic E-state index is 0.0832. The highest BCUT2D eigenvalue weighted by atomic mass is 19.4. The first kappa shape index (κ1) is 14.1. The van der Waals surface area contributed by atoms with Crippen LogP contribution in [0.2, 0.25) is 0 Å². The van der Waals surface area contributed by atoms with Crippen molar-refractivity contribution in [1.29, 1.82) is 0 Å². The molecule has 0 radical (unpaired) electrons. The Morgan fingerprint density at radius 2 is 1.95 bits per heavy atom. The molecule has 0 aliphatic heterocycles. The Balaban J connectivity index is 2.13. The summed E-state index contributed by atoms with van der Waals surface area (Å²) < 4.78 is 53.8. The number of hydrogen-bond acceptors (Lipinski definition) is 1. The van der Waals surface area contributed by atoms with E-state index in [-0.39, 0.29) is 11.7 Å². The van der Waals surface area contributed by atoms with Crippen molar-refractivity contribution in [2.75, 3.05) is 0 Å². The molecule has 0 saturated heterocycles. The molecule has 1 heterocycles. The minimum atomic E-state index is -4.49. The number of aromatic nitrogens is 1. The van der Waals surface area contributed by atoms with Crippen LogP contribution in [-0.4, -0.2) is 4.57 Å². The van der Waals surface area contributed by atoms with Gasteiger partial charge in [0.1, 0.15) is 5.82 Å². The topological polar surface area (TPSA) is 30.9 Å². The van der Waals surface area contributed by atoms with Gasteiger partial charge in [-0.2, -0.15) is 13.2 Å². The Kier molecular flexibility index (Phi) is 3.28. The van der Waals surface area contributed by atoms with Gasteiger partial charge in [-0.3, -0.25) is 0 Å². The summed E-state index contributed by atoms with van der Waals surface area (Å²) in [4.78, 5) is 0.